The highest BCUT2D eigenvalue weighted by Crippen LogP contribution is 2.27. The zero-order valence-electron chi connectivity index (χ0n) is 10.3. The lowest BCUT2D eigenvalue weighted by atomic mass is 10.1. The van der Waals surface area contributed by atoms with E-state index in [9.17, 15) is 0 Å². The summed E-state index contributed by atoms with van der Waals surface area (Å²) in [6.45, 7) is 0.591. The molecule has 2 aromatic rings. The van der Waals surface area contributed by atoms with E-state index in [1.165, 1.54) is 0 Å². The molecule has 0 radical (unpaired) electrons. The first-order chi connectivity index (χ1) is 9.22. The van der Waals surface area contributed by atoms with Gasteiger partial charge >= 0.3 is 0 Å². The standard InChI is InChI=1S/C15H13ClN2O/c16-13-4-5-15(12(9-13)10-18)19-14-3-1-2-11(8-14)6-7-17/h1-5,8-9H,6-7,17H2. The molecular weight excluding hydrogens is 260 g/mol. The predicted octanol–water partition coefficient (Wildman–Crippen LogP) is 3.51. The number of nitriles is 1. The van der Waals surface area contributed by atoms with Gasteiger partial charge in [0.25, 0.3) is 0 Å². The van der Waals surface area contributed by atoms with Gasteiger partial charge in [-0.25, -0.2) is 0 Å². The highest BCUT2D eigenvalue weighted by atomic mass is 35.5. The molecule has 19 heavy (non-hydrogen) atoms. The van der Waals surface area contributed by atoms with Crippen LogP contribution in [-0.2, 0) is 6.42 Å². The molecule has 0 aliphatic carbocycles. The van der Waals surface area contributed by atoms with Gasteiger partial charge < -0.3 is 10.5 Å². The van der Waals surface area contributed by atoms with Crippen molar-refractivity contribution in [3.8, 4) is 17.6 Å². The number of nitrogens with two attached hydrogens (primary N) is 1. The lowest BCUT2D eigenvalue weighted by molar-refractivity contribution is 0.480. The van der Waals surface area contributed by atoms with E-state index in [1.54, 1.807) is 18.2 Å². The molecule has 0 aliphatic heterocycles. The van der Waals surface area contributed by atoms with E-state index in [-0.39, 0.29) is 0 Å². The van der Waals surface area contributed by atoms with Gasteiger partial charge in [0.1, 0.15) is 17.6 Å². The van der Waals surface area contributed by atoms with E-state index in [0.29, 0.717) is 28.6 Å². The van der Waals surface area contributed by atoms with Crippen LogP contribution >= 0.6 is 11.6 Å². The third-order valence-electron chi connectivity index (χ3n) is 2.62. The van der Waals surface area contributed by atoms with E-state index < -0.39 is 0 Å². The molecule has 4 heteroatoms. The van der Waals surface area contributed by atoms with Crippen LogP contribution in [0.2, 0.25) is 5.02 Å². The van der Waals surface area contributed by atoms with Crippen LogP contribution in [0.4, 0.5) is 0 Å². The summed E-state index contributed by atoms with van der Waals surface area (Å²) >= 11 is 5.84. The molecule has 0 aliphatic rings. The lowest BCUT2D eigenvalue weighted by Gasteiger charge is -2.09. The van der Waals surface area contributed by atoms with E-state index >= 15 is 0 Å². The van der Waals surface area contributed by atoms with Gasteiger partial charge in [-0.1, -0.05) is 23.7 Å². The SMILES string of the molecule is N#Cc1cc(Cl)ccc1Oc1cccc(CCN)c1. The molecule has 0 amide bonds. The summed E-state index contributed by atoms with van der Waals surface area (Å²) in [7, 11) is 0. The number of benzene rings is 2. The van der Waals surface area contributed by atoms with Crippen molar-refractivity contribution in [1.29, 1.82) is 5.26 Å². The number of nitrogens with zero attached hydrogens (tertiary/aromatic N) is 1. The van der Waals surface area contributed by atoms with Crippen LogP contribution in [0.25, 0.3) is 0 Å². The maximum Gasteiger partial charge on any atom is 0.145 e. The maximum absolute atomic E-state index is 9.05. The highest BCUT2D eigenvalue weighted by molar-refractivity contribution is 6.30. The molecule has 0 saturated carbocycles. The summed E-state index contributed by atoms with van der Waals surface area (Å²) in [4.78, 5) is 0. The fourth-order valence-electron chi connectivity index (χ4n) is 1.74. The second kappa shape index (κ2) is 6.24. The largest absolute Gasteiger partial charge is 0.456 e. The Bertz CT molecular complexity index is 620. The Labute approximate surface area is 117 Å². The first-order valence-electron chi connectivity index (χ1n) is 5.89. The fourth-order valence-corrected chi connectivity index (χ4v) is 1.91. The van der Waals surface area contributed by atoms with Crippen LogP contribution in [-0.4, -0.2) is 6.54 Å². The number of hydrogen-bond donors (Lipinski definition) is 1. The minimum Gasteiger partial charge on any atom is -0.456 e. The lowest BCUT2D eigenvalue weighted by Crippen LogP contribution is -2.02. The molecule has 2 aromatic carbocycles. The van der Waals surface area contributed by atoms with Gasteiger partial charge in [-0.15, -0.1) is 0 Å². The zero-order valence-corrected chi connectivity index (χ0v) is 11.0. The molecule has 0 heterocycles. The molecule has 0 fully saturated rings. The Morgan fingerprint density at radius 1 is 1.21 bits per heavy atom. The Hall–Kier alpha value is -2.02. The van der Waals surface area contributed by atoms with Gasteiger partial charge in [0.15, 0.2) is 0 Å². The minimum absolute atomic E-state index is 0.414. The second-order valence-corrected chi connectivity index (χ2v) is 4.48. The smallest absolute Gasteiger partial charge is 0.145 e. The van der Waals surface area contributed by atoms with Crippen LogP contribution in [0.5, 0.6) is 11.5 Å². The molecule has 0 aromatic heterocycles. The average molecular weight is 273 g/mol. The third-order valence-corrected chi connectivity index (χ3v) is 2.86. The number of halogens is 1. The average Bonchev–Trinajstić information content (AvgIpc) is 2.41. The van der Waals surface area contributed by atoms with Gasteiger partial charge in [-0.05, 0) is 48.9 Å². The van der Waals surface area contributed by atoms with E-state index in [2.05, 4.69) is 6.07 Å². The molecule has 0 spiro atoms. The van der Waals surface area contributed by atoms with Crippen molar-refractivity contribution in [3.05, 3.63) is 58.6 Å². The Morgan fingerprint density at radius 2 is 2.05 bits per heavy atom. The summed E-state index contributed by atoms with van der Waals surface area (Å²) in [6.07, 6.45) is 0.795. The second-order valence-electron chi connectivity index (χ2n) is 4.04. The summed E-state index contributed by atoms with van der Waals surface area (Å²) < 4.78 is 5.72. The molecule has 0 atom stereocenters. The monoisotopic (exact) mass is 272 g/mol. The molecule has 3 nitrogen and oxygen atoms in total. The van der Waals surface area contributed by atoms with Gasteiger partial charge in [0, 0.05) is 5.02 Å². The summed E-state index contributed by atoms with van der Waals surface area (Å²) in [5.74, 6) is 1.18. The molecule has 2 rings (SSSR count). The van der Waals surface area contributed by atoms with Crippen molar-refractivity contribution >= 4 is 11.6 Å². The van der Waals surface area contributed by atoms with Crippen molar-refractivity contribution in [1.82, 2.24) is 0 Å². The quantitative estimate of drug-likeness (QED) is 0.927. The van der Waals surface area contributed by atoms with Gasteiger partial charge in [-0.2, -0.15) is 5.26 Å². The van der Waals surface area contributed by atoms with Crippen LogP contribution < -0.4 is 10.5 Å². The molecule has 0 bridgehead atoms. The summed E-state index contributed by atoms with van der Waals surface area (Å²) in [6, 6.07) is 14.7. The van der Waals surface area contributed by atoms with Crippen LogP contribution in [0.1, 0.15) is 11.1 Å². The highest BCUT2D eigenvalue weighted by Gasteiger charge is 2.06. The summed E-state index contributed by atoms with van der Waals surface area (Å²) in [5.41, 5.74) is 7.04. The van der Waals surface area contributed by atoms with Crippen molar-refractivity contribution in [2.24, 2.45) is 5.73 Å². The normalized spacial score (nSPS) is 9.95. The van der Waals surface area contributed by atoms with Crippen molar-refractivity contribution in [2.75, 3.05) is 6.54 Å². The summed E-state index contributed by atoms with van der Waals surface area (Å²) in [5, 5.41) is 9.57. The van der Waals surface area contributed by atoms with Gasteiger partial charge in [-0.3, -0.25) is 0 Å². The number of ether oxygens (including phenoxy) is 1. The number of rotatable bonds is 4. The van der Waals surface area contributed by atoms with Gasteiger partial charge in [0.05, 0.1) is 5.56 Å². The topological polar surface area (TPSA) is 59.0 Å². The Kier molecular flexibility index (Phi) is 4.40. The van der Waals surface area contributed by atoms with Crippen molar-refractivity contribution in [3.63, 3.8) is 0 Å². The van der Waals surface area contributed by atoms with E-state index in [4.69, 9.17) is 27.3 Å². The first-order valence-corrected chi connectivity index (χ1v) is 6.27. The first kappa shape index (κ1) is 13.4. The zero-order chi connectivity index (χ0) is 13.7. The maximum atomic E-state index is 9.05. The van der Waals surface area contributed by atoms with Gasteiger partial charge in [0.2, 0.25) is 0 Å². The van der Waals surface area contributed by atoms with Crippen LogP contribution in [0.15, 0.2) is 42.5 Å². The van der Waals surface area contributed by atoms with Crippen molar-refractivity contribution < 1.29 is 4.74 Å². The molecule has 0 unspecified atom stereocenters. The predicted molar refractivity (Wildman–Crippen MR) is 75.4 cm³/mol. The van der Waals surface area contributed by atoms with Crippen LogP contribution in [0.3, 0.4) is 0 Å². The van der Waals surface area contributed by atoms with E-state index in [1.807, 2.05) is 24.3 Å². The van der Waals surface area contributed by atoms with Crippen molar-refractivity contribution in [2.45, 2.75) is 6.42 Å². The number of hydrogen-bond acceptors (Lipinski definition) is 3. The Morgan fingerprint density at radius 3 is 2.79 bits per heavy atom. The molecule has 96 valence electrons. The third kappa shape index (κ3) is 3.47. The van der Waals surface area contributed by atoms with Crippen LogP contribution in [0, 0.1) is 11.3 Å². The molecule has 0 saturated heterocycles. The Balaban J connectivity index is 2.26. The van der Waals surface area contributed by atoms with E-state index in [0.717, 1.165) is 12.0 Å². The minimum atomic E-state index is 0.414. The molecule has 2 N–H and O–H groups in total. The molecular formula is C15H13ClN2O. The fraction of sp³-hybridized carbons (Fsp3) is 0.133.